The molecule has 160 valence electrons. The molecular weight excluding hydrogens is 392 g/mol. The van der Waals surface area contributed by atoms with E-state index in [0.29, 0.717) is 25.4 Å². The van der Waals surface area contributed by atoms with E-state index < -0.39 is 0 Å². The molecule has 0 radical (unpaired) electrons. The first-order chi connectivity index (χ1) is 15.1. The normalized spacial score (nSPS) is 13.8. The molecule has 0 aliphatic carbocycles. The highest BCUT2D eigenvalue weighted by Crippen LogP contribution is 2.20. The molecule has 3 aromatic rings. The summed E-state index contributed by atoms with van der Waals surface area (Å²) in [5.74, 6) is 0.690. The van der Waals surface area contributed by atoms with Crippen LogP contribution in [0.15, 0.2) is 71.5 Å². The van der Waals surface area contributed by atoms with Crippen LogP contribution in [0.4, 0.5) is 5.69 Å². The fourth-order valence-electron chi connectivity index (χ4n) is 3.69. The number of piperazine rings is 1. The van der Waals surface area contributed by atoms with Crippen LogP contribution in [0.3, 0.4) is 0 Å². The Kier molecular flexibility index (Phi) is 6.31. The highest BCUT2D eigenvalue weighted by Gasteiger charge is 2.22. The van der Waals surface area contributed by atoms with Crippen molar-refractivity contribution in [3.8, 4) is 17.0 Å². The van der Waals surface area contributed by atoms with Crippen LogP contribution < -0.4 is 15.2 Å². The minimum Gasteiger partial charge on any atom is -0.494 e. The van der Waals surface area contributed by atoms with Gasteiger partial charge >= 0.3 is 0 Å². The molecule has 0 atom stereocenters. The van der Waals surface area contributed by atoms with Gasteiger partial charge in [0.1, 0.15) is 12.3 Å². The first-order valence-electron chi connectivity index (χ1n) is 10.5. The van der Waals surface area contributed by atoms with Crippen molar-refractivity contribution in [3.63, 3.8) is 0 Å². The van der Waals surface area contributed by atoms with E-state index in [1.165, 1.54) is 10.7 Å². The van der Waals surface area contributed by atoms with Crippen LogP contribution in [0, 0.1) is 0 Å². The Labute approximate surface area is 181 Å². The van der Waals surface area contributed by atoms with Gasteiger partial charge in [0.05, 0.1) is 12.3 Å². The third-order valence-corrected chi connectivity index (χ3v) is 5.37. The van der Waals surface area contributed by atoms with E-state index in [-0.39, 0.29) is 18.0 Å². The number of nitrogens with zero attached hydrogens (tertiary/aromatic N) is 4. The van der Waals surface area contributed by atoms with Gasteiger partial charge < -0.3 is 14.5 Å². The maximum absolute atomic E-state index is 12.8. The molecule has 0 N–H and O–H groups in total. The second-order valence-electron chi connectivity index (χ2n) is 7.38. The summed E-state index contributed by atoms with van der Waals surface area (Å²) in [5.41, 5.74) is 2.38. The fourth-order valence-corrected chi connectivity index (χ4v) is 3.69. The summed E-state index contributed by atoms with van der Waals surface area (Å²) in [7, 11) is 0. The largest absolute Gasteiger partial charge is 0.494 e. The highest BCUT2D eigenvalue weighted by molar-refractivity contribution is 5.76. The fraction of sp³-hybridized carbons (Fsp3) is 0.292. The molecule has 1 aromatic heterocycles. The molecular formula is C24H26N4O3. The number of amides is 1. The number of rotatable bonds is 6. The van der Waals surface area contributed by atoms with E-state index >= 15 is 0 Å². The summed E-state index contributed by atoms with van der Waals surface area (Å²) >= 11 is 0. The zero-order valence-corrected chi connectivity index (χ0v) is 17.6. The molecule has 2 aromatic carbocycles. The van der Waals surface area contributed by atoms with Crippen LogP contribution in [-0.4, -0.2) is 53.4 Å². The molecule has 0 unspecified atom stereocenters. The summed E-state index contributed by atoms with van der Waals surface area (Å²) in [6.45, 7) is 5.26. The Hall–Kier alpha value is -3.61. The number of hydrogen-bond donors (Lipinski definition) is 0. The predicted molar refractivity (Wildman–Crippen MR) is 120 cm³/mol. The number of ether oxygens (including phenoxy) is 1. The van der Waals surface area contributed by atoms with Crippen LogP contribution >= 0.6 is 0 Å². The Balaban J connectivity index is 1.41. The van der Waals surface area contributed by atoms with Crippen molar-refractivity contribution in [2.45, 2.75) is 13.5 Å². The van der Waals surface area contributed by atoms with E-state index in [1.807, 2.05) is 49.4 Å². The standard InChI is InChI=1S/C24H26N4O3/c1-2-31-21-10-8-19(9-11-21)22-12-13-23(29)28(25-22)18-24(30)27-16-14-26(15-17-27)20-6-4-3-5-7-20/h3-13H,2,14-18H2,1H3. The molecule has 1 amide bonds. The van der Waals surface area contributed by atoms with Gasteiger partial charge in [-0.1, -0.05) is 18.2 Å². The summed E-state index contributed by atoms with van der Waals surface area (Å²) < 4.78 is 6.71. The first-order valence-corrected chi connectivity index (χ1v) is 10.5. The van der Waals surface area contributed by atoms with Crippen molar-refractivity contribution in [3.05, 3.63) is 77.1 Å². The van der Waals surface area contributed by atoms with Crippen LogP contribution in [0.2, 0.25) is 0 Å². The summed E-state index contributed by atoms with van der Waals surface area (Å²) in [4.78, 5) is 29.2. The first kappa shape index (κ1) is 20.7. The second-order valence-corrected chi connectivity index (χ2v) is 7.38. The molecule has 0 bridgehead atoms. The van der Waals surface area contributed by atoms with E-state index in [0.717, 1.165) is 30.1 Å². The topological polar surface area (TPSA) is 67.7 Å². The quantitative estimate of drug-likeness (QED) is 0.616. The zero-order chi connectivity index (χ0) is 21.6. The van der Waals surface area contributed by atoms with E-state index in [9.17, 15) is 9.59 Å². The molecule has 0 saturated carbocycles. The third-order valence-electron chi connectivity index (χ3n) is 5.37. The van der Waals surface area contributed by atoms with Crippen LogP contribution in [0.5, 0.6) is 5.75 Å². The van der Waals surface area contributed by atoms with Crippen molar-refractivity contribution in [2.75, 3.05) is 37.7 Å². The van der Waals surface area contributed by atoms with Gasteiger partial charge in [-0.15, -0.1) is 0 Å². The summed E-state index contributed by atoms with van der Waals surface area (Å²) in [5, 5.41) is 4.42. The zero-order valence-electron chi connectivity index (χ0n) is 17.6. The lowest BCUT2D eigenvalue weighted by Gasteiger charge is -2.36. The van der Waals surface area contributed by atoms with Gasteiger partial charge in [0.25, 0.3) is 5.56 Å². The summed E-state index contributed by atoms with van der Waals surface area (Å²) in [6.07, 6.45) is 0. The minimum atomic E-state index is -0.286. The number of hydrogen-bond acceptors (Lipinski definition) is 5. The molecule has 31 heavy (non-hydrogen) atoms. The number of carbonyl (C=O) groups excluding carboxylic acids is 1. The molecule has 1 fully saturated rings. The van der Waals surface area contributed by atoms with E-state index in [2.05, 4.69) is 22.1 Å². The van der Waals surface area contributed by atoms with Gasteiger partial charge in [0.15, 0.2) is 0 Å². The van der Waals surface area contributed by atoms with Crippen LogP contribution in [0.25, 0.3) is 11.3 Å². The SMILES string of the molecule is CCOc1ccc(-c2ccc(=O)n(CC(=O)N3CCN(c4ccccc4)CC3)n2)cc1. The molecule has 1 aliphatic heterocycles. The Morgan fingerprint density at radius 2 is 1.65 bits per heavy atom. The Bertz CT molecular complexity index is 1070. The smallest absolute Gasteiger partial charge is 0.267 e. The lowest BCUT2D eigenvalue weighted by atomic mass is 10.1. The number of para-hydroxylation sites is 1. The lowest BCUT2D eigenvalue weighted by Crippen LogP contribution is -2.50. The van der Waals surface area contributed by atoms with Gasteiger partial charge in [-0.05, 0) is 49.4 Å². The number of carbonyl (C=O) groups is 1. The van der Waals surface area contributed by atoms with Crippen molar-refractivity contribution in [2.24, 2.45) is 0 Å². The van der Waals surface area contributed by atoms with Crippen molar-refractivity contribution < 1.29 is 9.53 Å². The lowest BCUT2D eigenvalue weighted by molar-refractivity contribution is -0.132. The third kappa shape index (κ3) is 4.94. The molecule has 0 spiro atoms. The number of anilines is 1. The van der Waals surface area contributed by atoms with Gasteiger partial charge in [-0.25, -0.2) is 4.68 Å². The molecule has 2 heterocycles. The van der Waals surface area contributed by atoms with Gasteiger partial charge in [-0.3, -0.25) is 9.59 Å². The second kappa shape index (κ2) is 9.47. The van der Waals surface area contributed by atoms with Gasteiger partial charge in [-0.2, -0.15) is 5.10 Å². The van der Waals surface area contributed by atoms with Gasteiger partial charge in [0.2, 0.25) is 5.91 Å². The molecule has 1 aliphatic rings. The van der Waals surface area contributed by atoms with Crippen molar-refractivity contribution >= 4 is 11.6 Å². The van der Waals surface area contributed by atoms with Crippen molar-refractivity contribution in [1.82, 2.24) is 14.7 Å². The maximum Gasteiger partial charge on any atom is 0.267 e. The average molecular weight is 418 g/mol. The number of benzene rings is 2. The van der Waals surface area contributed by atoms with E-state index in [1.54, 1.807) is 11.0 Å². The van der Waals surface area contributed by atoms with Crippen LogP contribution in [0.1, 0.15) is 6.92 Å². The summed E-state index contributed by atoms with van der Waals surface area (Å²) in [6, 6.07) is 20.8. The Morgan fingerprint density at radius 1 is 0.935 bits per heavy atom. The molecule has 4 rings (SSSR count). The average Bonchev–Trinajstić information content (AvgIpc) is 2.82. The monoisotopic (exact) mass is 418 g/mol. The van der Waals surface area contributed by atoms with Crippen molar-refractivity contribution in [1.29, 1.82) is 0 Å². The molecule has 7 nitrogen and oxygen atoms in total. The predicted octanol–water partition coefficient (Wildman–Crippen LogP) is 2.66. The van der Waals surface area contributed by atoms with E-state index in [4.69, 9.17) is 4.74 Å². The number of aromatic nitrogens is 2. The highest BCUT2D eigenvalue weighted by atomic mass is 16.5. The molecule has 1 saturated heterocycles. The Morgan fingerprint density at radius 3 is 2.32 bits per heavy atom. The maximum atomic E-state index is 12.8. The van der Waals surface area contributed by atoms with Crippen LogP contribution in [-0.2, 0) is 11.3 Å². The van der Waals surface area contributed by atoms with Gasteiger partial charge in [0, 0.05) is 43.5 Å². The molecule has 7 heteroatoms. The minimum absolute atomic E-state index is 0.0605.